The number of piperidine rings is 1. The van der Waals surface area contributed by atoms with Crippen LogP contribution in [-0.4, -0.2) is 18.1 Å². The van der Waals surface area contributed by atoms with Crippen molar-refractivity contribution in [2.75, 3.05) is 23.3 Å². The Bertz CT molecular complexity index is 855. The third-order valence-electron chi connectivity index (χ3n) is 4.76. The molecule has 0 saturated carbocycles. The Morgan fingerprint density at radius 3 is 2.52 bits per heavy atom. The topological polar surface area (TPSA) is 28.2 Å². The molecule has 3 nitrogen and oxygen atoms in total. The number of benzene rings is 2. The fourth-order valence-electron chi connectivity index (χ4n) is 3.42. The largest absolute Gasteiger partial charge is 0.381 e. The zero-order valence-corrected chi connectivity index (χ0v) is 15.0. The Kier molecular flexibility index (Phi) is 4.75. The van der Waals surface area contributed by atoms with E-state index in [9.17, 15) is 0 Å². The van der Waals surface area contributed by atoms with E-state index < -0.39 is 0 Å². The molecule has 0 amide bonds. The zero-order chi connectivity index (χ0) is 17.1. The normalized spacial score (nSPS) is 14.7. The number of aromatic nitrogens is 1. The summed E-state index contributed by atoms with van der Waals surface area (Å²) in [5.41, 5.74) is 3.39. The number of nitrogens with one attached hydrogen (secondary N) is 1. The molecule has 1 aliphatic rings. The van der Waals surface area contributed by atoms with Crippen LogP contribution in [0.25, 0.3) is 10.9 Å². The van der Waals surface area contributed by atoms with E-state index in [4.69, 9.17) is 16.6 Å². The van der Waals surface area contributed by atoms with Crippen molar-refractivity contribution in [1.29, 1.82) is 0 Å². The Hall–Kier alpha value is -2.26. The minimum Gasteiger partial charge on any atom is -0.381 e. The summed E-state index contributed by atoms with van der Waals surface area (Å²) in [6, 6.07) is 18.5. The quantitative estimate of drug-likeness (QED) is 0.673. The highest BCUT2D eigenvalue weighted by Crippen LogP contribution is 2.27. The smallest absolute Gasteiger partial charge is 0.134 e. The molecule has 4 heteroatoms. The standard InChI is InChI=1S/C21H22ClN3/c22-18-8-10-19(11-9-18)23-15-17-14-16-6-2-3-7-20(16)24-21(17)25-12-4-1-5-13-25/h2-3,6-11,14,23H,1,4-5,12-13,15H2. The third-order valence-corrected chi connectivity index (χ3v) is 5.01. The van der Waals surface area contributed by atoms with Crippen molar-refractivity contribution in [2.24, 2.45) is 0 Å². The Morgan fingerprint density at radius 2 is 1.72 bits per heavy atom. The predicted octanol–water partition coefficient (Wildman–Crippen LogP) is 5.49. The second kappa shape index (κ2) is 7.32. The molecule has 1 aromatic heterocycles. The average molecular weight is 352 g/mol. The first-order chi connectivity index (χ1) is 12.3. The number of para-hydroxylation sites is 1. The van der Waals surface area contributed by atoms with Crippen molar-refractivity contribution >= 4 is 34.0 Å². The average Bonchev–Trinajstić information content (AvgIpc) is 2.67. The molecule has 0 aliphatic carbocycles. The van der Waals surface area contributed by atoms with Crippen LogP contribution in [0.4, 0.5) is 11.5 Å². The van der Waals surface area contributed by atoms with Gasteiger partial charge in [0.1, 0.15) is 5.82 Å². The lowest BCUT2D eigenvalue weighted by Gasteiger charge is -2.30. The minimum absolute atomic E-state index is 0.755. The Balaban J connectivity index is 1.65. The van der Waals surface area contributed by atoms with Crippen molar-refractivity contribution in [3.8, 4) is 0 Å². The summed E-state index contributed by atoms with van der Waals surface area (Å²) in [5, 5.41) is 5.45. The molecular weight excluding hydrogens is 330 g/mol. The molecule has 0 unspecified atom stereocenters. The fraction of sp³-hybridized carbons (Fsp3) is 0.286. The van der Waals surface area contributed by atoms with Gasteiger partial charge in [-0.2, -0.15) is 0 Å². The highest BCUT2D eigenvalue weighted by Gasteiger charge is 2.17. The molecule has 2 heterocycles. The van der Waals surface area contributed by atoms with E-state index in [2.05, 4.69) is 40.5 Å². The molecule has 3 aromatic rings. The lowest BCUT2D eigenvalue weighted by Crippen LogP contribution is -2.31. The molecule has 4 rings (SSSR count). The van der Waals surface area contributed by atoms with Gasteiger partial charge in [0.2, 0.25) is 0 Å². The van der Waals surface area contributed by atoms with Crippen LogP contribution in [0.15, 0.2) is 54.6 Å². The van der Waals surface area contributed by atoms with Gasteiger partial charge in [0.05, 0.1) is 5.52 Å². The van der Waals surface area contributed by atoms with E-state index in [0.29, 0.717) is 0 Å². The van der Waals surface area contributed by atoms with Crippen LogP contribution in [0, 0.1) is 0 Å². The van der Waals surface area contributed by atoms with Crippen LogP contribution >= 0.6 is 11.6 Å². The number of hydrogen-bond donors (Lipinski definition) is 1. The molecule has 0 bridgehead atoms. The number of halogens is 1. The number of anilines is 2. The summed E-state index contributed by atoms with van der Waals surface area (Å²) < 4.78 is 0. The minimum atomic E-state index is 0.755. The second-order valence-electron chi connectivity index (χ2n) is 6.57. The maximum atomic E-state index is 5.98. The molecule has 1 fully saturated rings. The Morgan fingerprint density at radius 1 is 0.960 bits per heavy atom. The van der Waals surface area contributed by atoms with E-state index in [1.807, 2.05) is 24.3 Å². The molecule has 0 atom stereocenters. The fourth-order valence-corrected chi connectivity index (χ4v) is 3.55. The summed E-state index contributed by atoms with van der Waals surface area (Å²) in [7, 11) is 0. The van der Waals surface area contributed by atoms with Crippen LogP contribution in [0.3, 0.4) is 0 Å². The zero-order valence-electron chi connectivity index (χ0n) is 14.2. The molecule has 0 spiro atoms. The lowest BCUT2D eigenvalue weighted by molar-refractivity contribution is 0.572. The van der Waals surface area contributed by atoms with Crippen molar-refractivity contribution in [3.63, 3.8) is 0 Å². The highest BCUT2D eigenvalue weighted by atomic mass is 35.5. The first kappa shape index (κ1) is 16.2. The van der Waals surface area contributed by atoms with Crippen LogP contribution in [0.5, 0.6) is 0 Å². The van der Waals surface area contributed by atoms with E-state index >= 15 is 0 Å². The second-order valence-corrected chi connectivity index (χ2v) is 7.01. The van der Waals surface area contributed by atoms with Gasteiger partial charge in [-0.1, -0.05) is 29.8 Å². The number of nitrogens with zero attached hydrogens (tertiary/aromatic N) is 2. The van der Waals surface area contributed by atoms with Gasteiger partial charge in [0.25, 0.3) is 0 Å². The first-order valence-corrected chi connectivity index (χ1v) is 9.30. The highest BCUT2D eigenvalue weighted by molar-refractivity contribution is 6.30. The SMILES string of the molecule is Clc1ccc(NCc2cc3ccccc3nc2N2CCCCC2)cc1. The molecule has 0 radical (unpaired) electrons. The van der Waals surface area contributed by atoms with Crippen molar-refractivity contribution < 1.29 is 0 Å². The molecule has 1 saturated heterocycles. The Labute approximate surface area is 153 Å². The van der Waals surface area contributed by atoms with E-state index in [-0.39, 0.29) is 0 Å². The molecule has 1 aliphatic heterocycles. The van der Waals surface area contributed by atoms with Crippen LogP contribution in [0.2, 0.25) is 5.02 Å². The summed E-state index contributed by atoms with van der Waals surface area (Å²) in [6.45, 7) is 2.95. The van der Waals surface area contributed by atoms with Gasteiger partial charge >= 0.3 is 0 Å². The summed E-state index contributed by atoms with van der Waals surface area (Å²) >= 11 is 5.98. The first-order valence-electron chi connectivity index (χ1n) is 8.93. The van der Waals surface area contributed by atoms with Crippen LogP contribution < -0.4 is 10.2 Å². The van der Waals surface area contributed by atoms with Gasteiger partial charge in [0.15, 0.2) is 0 Å². The maximum absolute atomic E-state index is 5.98. The number of pyridine rings is 1. The van der Waals surface area contributed by atoms with Gasteiger partial charge in [-0.05, 0) is 55.7 Å². The van der Waals surface area contributed by atoms with Crippen molar-refractivity contribution in [1.82, 2.24) is 4.98 Å². The van der Waals surface area contributed by atoms with Crippen LogP contribution in [0.1, 0.15) is 24.8 Å². The maximum Gasteiger partial charge on any atom is 0.134 e. The monoisotopic (exact) mass is 351 g/mol. The number of fused-ring (bicyclic) bond motifs is 1. The molecular formula is C21H22ClN3. The van der Waals surface area contributed by atoms with E-state index in [0.717, 1.165) is 41.7 Å². The van der Waals surface area contributed by atoms with Gasteiger partial charge in [-0.15, -0.1) is 0 Å². The van der Waals surface area contributed by atoms with E-state index in [1.54, 1.807) is 0 Å². The van der Waals surface area contributed by atoms with Gasteiger partial charge in [-0.3, -0.25) is 0 Å². The van der Waals surface area contributed by atoms with Crippen molar-refractivity contribution in [3.05, 3.63) is 65.2 Å². The lowest BCUT2D eigenvalue weighted by atomic mass is 10.1. The summed E-state index contributed by atoms with van der Waals surface area (Å²) in [4.78, 5) is 7.43. The van der Waals surface area contributed by atoms with E-state index in [1.165, 1.54) is 30.2 Å². The molecule has 25 heavy (non-hydrogen) atoms. The van der Waals surface area contributed by atoms with Gasteiger partial charge in [0, 0.05) is 41.3 Å². The van der Waals surface area contributed by atoms with Gasteiger partial charge < -0.3 is 10.2 Å². The number of rotatable bonds is 4. The van der Waals surface area contributed by atoms with Crippen molar-refractivity contribution in [2.45, 2.75) is 25.8 Å². The molecule has 128 valence electrons. The molecule has 1 N–H and O–H groups in total. The third kappa shape index (κ3) is 3.72. The van der Waals surface area contributed by atoms with Crippen LogP contribution in [-0.2, 0) is 6.54 Å². The number of hydrogen-bond acceptors (Lipinski definition) is 3. The predicted molar refractivity (Wildman–Crippen MR) is 107 cm³/mol. The summed E-state index contributed by atoms with van der Waals surface area (Å²) in [5.74, 6) is 1.12. The summed E-state index contributed by atoms with van der Waals surface area (Å²) in [6.07, 6.45) is 3.82. The molecule has 2 aromatic carbocycles. The van der Waals surface area contributed by atoms with Gasteiger partial charge in [-0.25, -0.2) is 4.98 Å².